The summed E-state index contributed by atoms with van der Waals surface area (Å²) >= 11 is 0. The lowest BCUT2D eigenvalue weighted by atomic mass is 10.0. The van der Waals surface area contributed by atoms with Crippen molar-refractivity contribution in [3.8, 4) is 17.9 Å². The van der Waals surface area contributed by atoms with E-state index in [1.165, 1.54) is 0 Å². The van der Waals surface area contributed by atoms with Crippen LogP contribution in [-0.4, -0.2) is 15.8 Å². The highest BCUT2D eigenvalue weighted by molar-refractivity contribution is 5.95. The van der Waals surface area contributed by atoms with Gasteiger partial charge in [-0.1, -0.05) is 42.3 Å². The molecule has 29 heavy (non-hydrogen) atoms. The van der Waals surface area contributed by atoms with Gasteiger partial charge in [-0.3, -0.25) is 4.79 Å². The van der Waals surface area contributed by atoms with E-state index < -0.39 is 0 Å². The third kappa shape index (κ3) is 4.24. The van der Waals surface area contributed by atoms with Gasteiger partial charge in [0, 0.05) is 24.4 Å². The van der Waals surface area contributed by atoms with Crippen molar-refractivity contribution in [1.82, 2.24) is 9.88 Å². The van der Waals surface area contributed by atoms with Crippen LogP contribution in [0.15, 0.2) is 73.1 Å². The van der Waals surface area contributed by atoms with Gasteiger partial charge in [0.25, 0.3) is 5.91 Å². The summed E-state index contributed by atoms with van der Waals surface area (Å²) in [6, 6.07) is 20.8. The van der Waals surface area contributed by atoms with E-state index in [4.69, 9.17) is 5.26 Å². The fourth-order valence-corrected chi connectivity index (χ4v) is 3.13. The highest BCUT2D eigenvalue weighted by Crippen LogP contribution is 2.21. The van der Waals surface area contributed by atoms with Gasteiger partial charge in [-0.2, -0.15) is 5.26 Å². The van der Waals surface area contributed by atoms with Crippen LogP contribution in [0.2, 0.25) is 0 Å². The molecule has 4 rings (SSSR count). The number of nitrogens with zero attached hydrogens (tertiary/aromatic N) is 3. The number of hydrogen-bond donors (Lipinski definition) is 0. The van der Waals surface area contributed by atoms with Crippen molar-refractivity contribution in [2.75, 3.05) is 0 Å². The molecule has 0 atom stereocenters. The summed E-state index contributed by atoms with van der Waals surface area (Å²) in [6.07, 6.45) is 6.08. The fraction of sp³-hybridized carbons (Fsp3) is 0.0800. The second kappa shape index (κ2) is 8.25. The average molecular weight is 375 g/mol. The highest BCUT2D eigenvalue weighted by Gasteiger charge is 2.19. The van der Waals surface area contributed by atoms with Gasteiger partial charge in [-0.25, -0.2) is 4.98 Å². The number of carbonyl (C=O) groups is 1. The number of amides is 1. The van der Waals surface area contributed by atoms with E-state index in [-0.39, 0.29) is 5.91 Å². The third-order valence-corrected chi connectivity index (χ3v) is 4.65. The van der Waals surface area contributed by atoms with Gasteiger partial charge in [0.2, 0.25) is 0 Å². The molecule has 4 heteroatoms. The van der Waals surface area contributed by atoms with Crippen LogP contribution in [0.25, 0.3) is 6.08 Å². The molecule has 1 aliphatic heterocycles. The maximum Gasteiger partial charge on any atom is 0.258 e. The van der Waals surface area contributed by atoms with Gasteiger partial charge in [-0.05, 0) is 53.0 Å². The molecular weight excluding hydrogens is 358 g/mol. The second-order valence-electron chi connectivity index (χ2n) is 6.67. The van der Waals surface area contributed by atoms with E-state index in [1.807, 2.05) is 42.5 Å². The number of hydrogen-bond acceptors (Lipinski definition) is 3. The Hall–Kier alpha value is -4.15. The van der Waals surface area contributed by atoms with E-state index in [0.29, 0.717) is 29.8 Å². The van der Waals surface area contributed by atoms with Gasteiger partial charge in [0.05, 0.1) is 18.2 Å². The minimum absolute atomic E-state index is 0.141. The third-order valence-electron chi connectivity index (χ3n) is 4.65. The smallest absolute Gasteiger partial charge is 0.258 e. The molecule has 138 valence electrons. The van der Waals surface area contributed by atoms with Crippen LogP contribution in [-0.2, 0) is 13.0 Å². The van der Waals surface area contributed by atoms with Crippen molar-refractivity contribution in [1.29, 1.82) is 5.26 Å². The quantitative estimate of drug-likeness (QED) is 0.632. The summed E-state index contributed by atoms with van der Waals surface area (Å²) in [6.45, 7) is 0.442. The van der Waals surface area contributed by atoms with Crippen molar-refractivity contribution in [3.63, 3.8) is 0 Å². The second-order valence-corrected chi connectivity index (χ2v) is 6.67. The van der Waals surface area contributed by atoms with Crippen LogP contribution in [0.1, 0.15) is 38.3 Å². The molecule has 0 saturated heterocycles. The summed E-state index contributed by atoms with van der Waals surface area (Å²) < 4.78 is 0. The molecule has 0 N–H and O–H groups in total. The number of pyridine rings is 1. The maximum atomic E-state index is 12.8. The summed E-state index contributed by atoms with van der Waals surface area (Å²) in [5.41, 5.74) is 4.79. The number of aromatic nitrogens is 1. The molecule has 0 unspecified atom stereocenters. The Morgan fingerprint density at radius 1 is 1.10 bits per heavy atom. The molecule has 0 aliphatic carbocycles. The molecule has 3 aromatic rings. The van der Waals surface area contributed by atoms with Gasteiger partial charge in [-0.15, -0.1) is 0 Å². The highest BCUT2D eigenvalue weighted by atomic mass is 16.2. The summed E-state index contributed by atoms with van der Waals surface area (Å²) in [5, 5.41) is 9.05. The molecule has 1 aromatic heterocycles. The lowest BCUT2D eigenvalue weighted by Crippen LogP contribution is -2.27. The van der Waals surface area contributed by atoms with E-state index in [9.17, 15) is 4.79 Å². The lowest BCUT2D eigenvalue weighted by molar-refractivity contribution is 0.0813. The van der Waals surface area contributed by atoms with Gasteiger partial charge in [0.1, 0.15) is 5.69 Å². The molecule has 2 heterocycles. The number of benzene rings is 2. The maximum absolute atomic E-state index is 12.8. The molecule has 0 fully saturated rings. The van der Waals surface area contributed by atoms with Crippen molar-refractivity contribution < 1.29 is 4.79 Å². The van der Waals surface area contributed by atoms with E-state index in [2.05, 4.69) is 22.9 Å². The molecule has 0 spiro atoms. The summed E-state index contributed by atoms with van der Waals surface area (Å²) in [7, 11) is 0. The standard InChI is InChI=1S/C25H17N3O/c26-16-20-9-4-10-21(14-20)25(29)28-13-12-22-17-27-24(15-23(22)18-28)11-5-8-19-6-2-1-3-7-19/h1-4,6-7,9-10,12-15,17H,8,18H2. The van der Waals surface area contributed by atoms with Crippen LogP contribution >= 0.6 is 0 Å². The minimum atomic E-state index is -0.141. The molecule has 0 bridgehead atoms. The Bertz CT molecular complexity index is 1190. The van der Waals surface area contributed by atoms with Crippen LogP contribution in [0.3, 0.4) is 0 Å². The van der Waals surface area contributed by atoms with Gasteiger partial charge in [0.15, 0.2) is 0 Å². The minimum Gasteiger partial charge on any atom is -0.311 e. The number of nitriles is 1. The number of fused-ring (bicyclic) bond motifs is 1. The normalized spacial score (nSPS) is 11.8. The largest absolute Gasteiger partial charge is 0.311 e. The topological polar surface area (TPSA) is 57.0 Å². The lowest BCUT2D eigenvalue weighted by Gasteiger charge is -2.23. The average Bonchev–Trinajstić information content (AvgIpc) is 2.79. The van der Waals surface area contributed by atoms with E-state index in [0.717, 1.165) is 16.7 Å². The van der Waals surface area contributed by atoms with Crippen molar-refractivity contribution in [2.24, 2.45) is 0 Å². The first-order valence-electron chi connectivity index (χ1n) is 9.24. The molecule has 4 nitrogen and oxygen atoms in total. The van der Waals surface area contributed by atoms with Crippen molar-refractivity contribution >= 4 is 12.0 Å². The molecule has 1 aliphatic rings. The van der Waals surface area contributed by atoms with E-state index >= 15 is 0 Å². The van der Waals surface area contributed by atoms with Gasteiger partial charge < -0.3 is 4.90 Å². The Morgan fingerprint density at radius 3 is 2.79 bits per heavy atom. The zero-order valence-corrected chi connectivity index (χ0v) is 15.7. The van der Waals surface area contributed by atoms with Crippen molar-refractivity contribution in [3.05, 3.63) is 107 Å². The first kappa shape index (κ1) is 18.2. The Labute approximate surface area is 169 Å². The number of rotatable bonds is 2. The van der Waals surface area contributed by atoms with Crippen molar-refractivity contribution in [2.45, 2.75) is 13.0 Å². The number of carbonyl (C=O) groups excluding carboxylic acids is 1. The molecule has 0 saturated carbocycles. The SMILES string of the molecule is N#Cc1cccc(C(=O)N2C=Cc3cnc(C#CCc4ccccc4)cc3C2)c1. The Morgan fingerprint density at radius 2 is 1.97 bits per heavy atom. The van der Waals surface area contributed by atoms with Crippen LogP contribution in [0.4, 0.5) is 0 Å². The Kier molecular flexibility index (Phi) is 5.18. The van der Waals surface area contributed by atoms with Crippen LogP contribution in [0.5, 0.6) is 0 Å². The zero-order valence-electron chi connectivity index (χ0n) is 15.7. The molecule has 2 aromatic carbocycles. The Balaban J connectivity index is 1.51. The predicted octanol–water partition coefficient (Wildman–Crippen LogP) is 4.17. The molecular formula is C25H17N3O. The monoisotopic (exact) mass is 375 g/mol. The first-order chi connectivity index (χ1) is 14.2. The van der Waals surface area contributed by atoms with E-state index in [1.54, 1.807) is 41.6 Å². The first-order valence-corrected chi connectivity index (χ1v) is 9.24. The summed E-state index contributed by atoms with van der Waals surface area (Å²) in [5.74, 6) is 6.12. The van der Waals surface area contributed by atoms with Crippen LogP contribution in [0, 0.1) is 23.2 Å². The summed E-state index contributed by atoms with van der Waals surface area (Å²) in [4.78, 5) is 18.9. The predicted molar refractivity (Wildman–Crippen MR) is 111 cm³/mol. The molecule has 0 radical (unpaired) electrons. The van der Waals surface area contributed by atoms with Gasteiger partial charge >= 0.3 is 0 Å². The zero-order chi connectivity index (χ0) is 20.1. The fourth-order valence-electron chi connectivity index (χ4n) is 3.13. The molecule has 1 amide bonds. The van der Waals surface area contributed by atoms with Crippen LogP contribution < -0.4 is 0 Å².